The van der Waals surface area contributed by atoms with Crippen LogP contribution in [0, 0.1) is 6.92 Å². The molecule has 0 spiro atoms. The minimum absolute atomic E-state index is 0.0159. The molecule has 0 bridgehead atoms. The Morgan fingerprint density at radius 1 is 1.52 bits per heavy atom. The molecule has 1 aliphatic heterocycles. The number of nitrogens with one attached hydrogen (secondary N) is 1. The number of thiazole rings is 1. The van der Waals surface area contributed by atoms with E-state index >= 15 is 0 Å². The first-order valence-electron chi connectivity index (χ1n) is 7.40. The summed E-state index contributed by atoms with van der Waals surface area (Å²) in [5, 5.41) is 7.24. The molecular weight excluding hydrogens is 286 g/mol. The van der Waals surface area contributed by atoms with Crippen molar-refractivity contribution in [2.75, 3.05) is 26.2 Å². The molecule has 0 aromatic carbocycles. The maximum Gasteiger partial charge on any atom is 0.180 e. The van der Waals surface area contributed by atoms with E-state index in [1.807, 2.05) is 5.51 Å². The van der Waals surface area contributed by atoms with Crippen molar-refractivity contribution in [3.05, 3.63) is 27.7 Å². The summed E-state index contributed by atoms with van der Waals surface area (Å²) in [6.07, 6.45) is 1.91. The van der Waals surface area contributed by atoms with Crippen LogP contribution in [-0.4, -0.2) is 51.3 Å². The van der Waals surface area contributed by atoms with Crippen molar-refractivity contribution in [3.63, 3.8) is 0 Å². The molecule has 1 N–H and O–H groups in total. The fourth-order valence-corrected chi connectivity index (χ4v) is 3.27. The molecule has 0 amide bonds. The Labute approximate surface area is 128 Å². The lowest BCUT2D eigenvalue weighted by Gasteiger charge is -2.31. The second-order valence-corrected chi connectivity index (χ2v) is 6.20. The zero-order valence-corrected chi connectivity index (χ0v) is 13.3. The van der Waals surface area contributed by atoms with Crippen LogP contribution < -0.4 is 0 Å². The van der Waals surface area contributed by atoms with Crippen LogP contribution in [0.25, 0.3) is 0 Å². The number of hydrogen-bond acceptors (Lipinski definition) is 6. The molecule has 2 aromatic rings. The smallest absolute Gasteiger partial charge is 0.180 e. The summed E-state index contributed by atoms with van der Waals surface area (Å²) in [5.41, 5.74) is 3.08. The number of aromatic amines is 1. The topological polar surface area (TPSA) is 66.9 Å². The predicted octanol–water partition coefficient (Wildman–Crippen LogP) is 1.75. The summed E-state index contributed by atoms with van der Waals surface area (Å²) in [5.74, 6) is 1.71. The molecule has 6 nitrogen and oxygen atoms in total. The molecule has 1 unspecified atom stereocenters. The molecule has 0 radical (unpaired) electrons. The number of ether oxygens (including phenoxy) is 1. The first-order valence-corrected chi connectivity index (χ1v) is 8.28. The van der Waals surface area contributed by atoms with Gasteiger partial charge in [0.2, 0.25) is 0 Å². The van der Waals surface area contributed by atoms with Gasteiger partial charge in [0.25, 0.3) is 0 Å². The third-order valence-electron chi connectivity index (χ3n) is 3.82. The maximum absolute atomic E-state index is 5.82. The Morgan fingerprint density at radius 3 is 3.14 bits per heavy atom. The average molecular weight is 307 g/mol. The van der Waals surface area contributed by atoms with Crippen LogP contribution in [-0.2, 0) is 17.6 Å². The Bertz CT molecular complexity index is 581. The number of hydrogen-bond donors (Lipinski definition) is 1. The van der Waals surface area contributed by atoms with Gasteiger partial charge in [-0.15, -0.1) is 11.3 Å². The monoisotopic (exact) mass is 307 g/mol. The highest BCUT2D eigenvalue weighted by Gasteiger charge is 2.25. The van der Waals surface area contributed by atoms with Crippen molar-refractivity contribution in [2.24, 2.45) is 0 Å². The Balaban J connectivity index is 1.56. The van der Waals surface area contributed by atoms with Crippen LogP contribution in [0.2, 0.25) is 0 Å². The van der Waals surface area contributed by atoms with Crippen molar-refractivity contribution in [2.45, 2.75) is 32.8 Å². The lowest BCUT2D eigenvalue weighted by Crippen LogP contribution is -2.39. The van der Waals surface area contributed by atoms with Gasteiger partial charge < -0.3 is 4.74 Å². The van der Waals surface area contributed by atoms with Gasteiger partial charge in [0.1, 0.15) is 11.9 Å². The lowest BCUT2D eigenvalue weighted by molar-refractivity contribution is -0.0337. The largest absolute Gasteiger partial charge is 0.367 e. The SMILES string of the molecule is CCc1nc(C2CN(CCc3scnc3C)CCO2)n[nH]1. The summed E-state index contributed by atoms with van der Waals surface area (Å²) in [6, 6.07) is 0. The summed E-state index contributed by atoms with van der Waals surface area (Å²) < 4.78 is 5.82. The minimum atomic E-state index is -0.0159. The zero-order chi connectivity index (χ0) is 14.7. The summed E-state index contributed by atoms with van der Waals surface area (Å²) >= 11 is 1.74. The van der Waals surface area contributed by atoms with Gasteiger partial charge in [-0.1, -0.05) is 6.92 Å². The molecule has 7 heteroatoms. The molecule has 21 heavy (non-hydrogen) atoms. The van der Waals surface area contributed by atoms with Gasteiger partial charge in [-0.25, -0.2) is 9.97 Å². The van der Waals surface area contributed by atoms with Gasteiger partial charge >= 0.3 is 0 Å². The van der Waals surface area contributed by atoms with Gasteiger partial charge in [-0.05, 0) is 13.3 Å². The fraction of sp³-hybridized carbons (Fsp3) is 0.643. The quantitative estimate of drug-likeness (QED) is 0.911. The van der Waals surface area contributed by atoms with Crippen molar-refractivity contribution >= 4 is 11.3 Å². The zero-order valence-electron chi connectivity index (χ0n) is 12.5. The van der Waals surface area contributed by atoms with E-state index in [0.717, 1.165) is 56.4 Å². The van der Waals surface area contributed by atoms with Crippen LogP contribution in [0.3, 0.4) is 0 Å². The van der Waals surface area contributed by atoms with Crippen LogP contribution in [0.1, 0.15) is 35.2 Å². The number of aromatic nitrogens is 4. The standard InChI is InChI=1S/C14H21N5OS/c1-3-13-16-14(18-17-13)11-8-19(6-7-20-11)5-4-12-10(2)15-9-21-12/h9,11H,3-8H2,1-2H3,(H,16,17,18). The van der Waals surface area contributed by atoms with Gasteiger partial charge in [0.05, 0.1) is 17.8 Å². The number of H-pyrrole nitrogens is 1. The third kappa shape index (κ3) is 3.48. The van der Waals surface area contributed by atoms with Crippen molar-refractivity contribution in [3.8, 4) is 0 Å². The lowest BCUT2D eigenvalue weighted by atomic mass is 10.2. The van der Waals surface area contributed by atoms with E-state index in [4.69, 9.17) is 4.74 Å². The highest BCUT2D eigenvalue weighted by molar-refractivity contribution is 7.09. The van der Waals surface area contributed by atoms with Crippen molar-refractivity contribution in [1.82, 2.24) is 25.1 Å². The normalized spacial score (nSPS) is 20.0. The minimum Gasteiger partial charge on any atom is -0.367 e. The molecule has 3 rings (SSSR count). The van der Waals surface area contributed by atoms with E-state index in [1.165, 1.54) is 4.88 Å². The van der Waals surface area contributed by atoms with E-state index in [9.17, 15) is 0 Å². The number of aryl methyl sites for hydroxylation is 2. The molecule has 1 aliphatic rings. The highest BCUT2D eigenvalue weighted by Crippen LogP contribution is 2.20. The Hall–Kier alpha value is -1.31. The molecule has 114 valence electrons. The van der Waals surface area contributed by atoms with Crippen LogP contribution >= 0.6 is 11.3 Å². The molecule has 1 saturated heterocycles. The molecule has 3 heterocycles. The summed E-state index contributed by atoms with van der Waals surface area (Å²) in [4.78, 5) is 12.6. The molecule has 1 fully saturated rings. The van der Waals surface area contributed by atoms with Gasteiger partial charge in [-0.2, -0.15) is 5.10 Å². The van der Waals surface area contributed by atoms with E-state index in [2.05, 4.69) is 38.9 Å². The van der Waals surface area contributed by atoms with E-state index in [-0.39, 0.29) is 6.10 Å². The number of morpholine rings is 1. The van der Waals surface area contributed by atoms with E-state index in [1.54, 1.807) is 11.3 Å². The Morgan fingerprint density at radius 2 is 2.43 bits per heavy atom. The van der Waals surface area contributed by atoms with Gasteiger partial charge in [0.15, 0.2) is 5.82 Å². The molecule has 2 aromatic heterocycles. The average Bonchev–Trinajstić information content (AvgIpc) is 3.14. The van der Waals surface area contributed by atoms with Crippen molar-refractivity contribution < 1.29 is 4.74 Å². The fourth-order valence-electron chi connectivity index (χ4n) is 2.50. The Kier molecular flexibility index (Phi) is 4.62. The highest BCUT2D eigenvalue weighted by atomic mass is 32.1. The first-order chi connectivity index (χ1) is 10.3. The second-order valence-electron chi connectivity index (χ2n) is 5.26. The van der Waals surface area contributed by atoms with Crippen LogP contribution in [0.4, 0.5) is 0 Å². The van der Waals surface area contributed by atoms with Gasteiger partial charge in [0, 0.05) is 30.9 Å². The maximum atomic E-state index is 5.82. The number of nitrogens with zero attached hydrogens (tertiary/aromatic N) is 4. The molecular formula is C14H21N5OS. The molecule has 0 saturated carbocycles. The van der Waals surface area contributed by atoms with Crippen LogP contribution in [0.5, 0.6) is 0 Å². The van der Waals surface area contributed by atoms with Crippen LogP contribution in [0.15, 0.2) is 5.51 Å². The van der Waals surface area contributed by atoms with Gasteiger partial charge in [-0.3, -0.25) is 10.00 Å². The summed E-state index contributed by atoms with van der Waals surface area (Å²) in [6.45, 7) is 7.75. The number of rotatable bonds is 5. The van der Waals surface area contributed by atoms with E-state index < -0.39 is 0 Å². The molecule has 0 aliphatic carbocycles. The molecule has 1 atom stereocenters. The summed E-state index contributed by atoms with van der Waals surface area (Å²) in [7, 11) is 0. The predicted molar refractivity (Wildman–Crippen MR) is 81.4 cm³/mol. The first kappa shape index (κ1) is 14.6. The van der Waals surface area contributed by atoms with E-state index in [0.29, 0.717) is 0 Å². The second kappa shape index (κ2) is 6.64. The third-order valence-corrected chi connectivity index (χ3v) is 4.82. The van der Waals surface area contributed by atoms with Crippen molar-refractivity contribution in [1.29, 1.82) is 0 Å².